The third-order valence-corrected chi connectivity index (χ3v) is 4.98. The molecule has 0 aliphatic carbocycles. The molecule has 10 heteroatoms. The van der Waals surface area contributed by atoms with Crippen LogP contribution in [0.4, 0.5) is 0 Å². The summed E-state index contributed by atoms with van der Waals surface area (Å²) in [7, 11) is 0. The quantitative estimate of drug-likeness (QED) is 0.189. The number of halogens is 1. The molecule has 0 radical (unpaired) electrons. The summed E-state index contributed by atoms with van der Waals surface area (Å²) < 4.78 is 20.6. The molecule has 2 aliphatic rings. The topological polar surface area (TPSA) is 108 Å². The van der Waals surface area contributed by atoms with Crippen molar-refractivity contribution in [3.8, 4) is 0 Å². The normalized spacial score (nSPS) is 32.4. The number of carbonyl (C=O) groups excluding carboxylic acids is 3. The molecule has 0 bridgehead atoms. The molecule has 1 N–H and O–H groups in total. The molecule has 2 rings (SSSR count). The van der Waals surface area contributed by atoms with Crippen LogP contribution in [0.2, 0.25) is 0 Å². The van der Waals surface area contributed by atoms with Crippen LogP contribution < -0.4 is 12.4 Å². The smallest absolute Gasteiger partial charge is 1.00 e. The van der Waals surface area contributed by atoms with Gasteiger partial charge in [-0.3, -0.25) is 4.79 Å². The molecule has 32 heavy (non-hydrogen) atoms. The number of aliphatic hydroxyl groups is 1. The second-order valence-electron chi connectivity index (χ2n) is 8.39. The molecule has 0 aromatic heterocycles. The van der Waals surface area contributed by atoms with Crippen molar-refractivity contribution in [2.75, 3.05) is 0 Å². The van der Waals surface area contributed by atoms with Crippen molar-refractivity contribution in [1.82, 2.24) is 0 Å². The monoisotopic (exact) mass is 486 g/mol. The van der Waals surface area contributed by atoms with Crippen LogP contribution >= 0.6 is 0 Å². The number of hydrogen-bond donors (Lipinski definition) is 1. The van der Waals surface area contributed by atoms with Crippen molar-refractivity contribution in [2.24, 2.45) is 0 Å². The Kier molecular flexibility index (Phi) is 14.3. The van der Waals surface area contributed by atoms with E-state index >= 15 is 0 Å². The molecule has 2 fully saturated rings. The fraction of sp³-hybridized carbons (Fsp3) is 0.636. The molecule has 5 unspecified atom stereocenters. The van der Waals surface area contributed by atoms with Gasteiger partial charge in [-0.15, -0.1) is 0 Å². The van der Waals surface area contributed by atoms with Crippen LogP contribution in [0.1, 0.15) is 61.3 Å². The van der Waals surface area contributed by atoms with Crippen molar-refractivity contribution in [2.45, 2.75) is 90.5 Å². The molecule has 2 heterocycles. The maximum atomic E-state index is 11.4. The van der Waals surface area contributed by atoms with E-state index in [-0.39, 0.29) is 67.8 Å². The molecule has 0 saturated carbocycles. The molecule has 0 spiro atoms. The number of hydrogen-bond acceptors (Lipinski definition) is 8. The summed E-state index contributed by atoms with van der Waals surface area (Å²) in [4.78, 5) is 33.7. The van der Waals surface area contributed by atoms with E-state index in [0.29, 0.717) is 11.1 Å². The predicted octanol–water partition coefficient (Wildman–Crippen LogP) is -0.345. The fourth-order valence-electron chi connectivity index (χ4n) is 2.97. The summed E-state index contributed by atoms with van der Waals surface area (Å²) in [5, 5.41) is 9.72. The van der Waals surface area contributed by atoms with E-state index in [1.165, 1.54) is 0 Å². The first-order valence-electron chi connectivity index (χ1n) is 9.39. The van der Waals surface area contributed by atoms with Crippen molar-refractivity contribution in [1.29, 1.82) is 0 Å². The Morgan fingerprint density at radius 2 is 1.41 bits per heavy atom. The fourth-order valence-corrected chi connectivity index (χ4v) is 2.97. The molecule has 2 saturated heterocycles. The summed E-state index contributed by atoms with van der Waals surface area (Å²) in [5.41, 5.74) is -0.986. The third-order valence-electron chi connectivity index (χ3n) is 4.98. The van der Waals surface area contributed by atoms with Gasteiger partial charge in [0.15, 0.2) is 11.4 Å². The van der Waals surface area contributed by atoms with Gasteiger partial charge in [0, 0.05) is 17.6 Å². The molecule has 180 valence electrons. The zero-order valence-corrected chi connectivity index (χ0v) is 22.5. The van der Waals surface area contributed by atoms with E-state index in [1.807, 2.05) is 0 Å². The summed E-state index contributed by atoms with van der Waals surface area (Å²) in [6, 6.07) is 0. The van der Waals surface area contributed by atoms with Gasteiger partial charge in [0.1, 0.15) is 11.7 Å². The Morgan fingerprint density at radius 1 is 1.00 bits per heavy atom. The Bertz CT molecular complexity index is 723. The zero-order valence-electron chi connectivity index (χ0n) is 20.4. The van der Waals surface area contributed by atoms with Gasteiger partial charge < -0.3 is 43.9 Å². The Balaban J connectivity index is -0.000000481. The summed E-state index contributed by atoms with van der Waals surface area (Å²) >= 11 is 0. The van der Waals surface area contributed by atoms with E-state index in [2.05, 4.69) is 13.2 Å². The van der Waals surface area contributed by atoms with Gasteiger partial charge in [0.05, 0.1) is 12.5 Å². The molecule has 0 aromatic rings. The van der Waals surface area contributed by atoms with Crippen LogP contribution in [0.15, 0.2) is 24.3 Å². The second-order valence-corrected chi connectivity index (χ2v) is 8.39. The summed E-state index contributed by atoms with van der Waals surface area (Å²) in [6.07, 6.45) is -0.373. The SMILES string of the molecule is C=C(C)C(=O)OC1(C)CC(=O)OC1C.C=C(C)C(=O)OC1(C)CC(C)(O)OC1C.[CH3-].[Cl-].[Mg+2]. The first-order chi connectivity index (χ1) is 13.0. The van der Waals surface area contributed by atoms with E-state index in [1.54, 1.807) is 48.5 Å². The third kappa shape index (κ3) is 9.39. The van der Waals surface area contributed by atoms with Crippen LogP contribution in [0.3, 0.4) is 0 Å². The summed E-state index contributed by atoms with van der Waals surface area (Å²) in [5.74, 6) is -2.51. The average molecular weight is 487 g/mol. The van der Waals surface area contributed by atoms with Crippen molar-refractivity contribution < 1.29 is 50.8 Å². The predicted molar refractivity (Wildman–Crippen MR) is 117 cm³/mol. The van der Waals surface area contributed by atoms with E-state index in [4.69, 9.17) is 18.9 Å². The van der Waals surface area contributed by atoms with Crippen LogP contribution in [0.5, 0.6) is 0 Å². The minimum Gasteiger partial charge on any atom is -1.00 e. The maximum absolute atomic E-state index is 11.4. The van der Waals surface area contributed by atoms with Crippen LogP contribution in [-0.2, 0) is 33.3 Å². The first kappa shape index (κ1) is 35.5. The molecule has 2 aliphatic heterocycles. The Labute approximate surface area is 213 Å². The maximum Gasteiger partial charge on any atom is 2.00 e. The van der Waals surface area contributed by atoms with Gasteiger partial charge in [-0.1, -0.05) is 13.2 Å². The molecule has 0 aromatic carbocycles. The van der Waals surface area contributed by atoms with Crippen molar-refractivity contribution >= 4 is 41.0 Å². The molecule has 5 atom stereocenters. The van der Waals surface area contributed by atoms with Crippen LogP contribution in [0, 0.1) is 7.43 Å². The van der Waals surface area contributed by atoms with E-state index in [0.717, 1.165) is 0 Å². The first-order valence-corrected chi connectivity index (χ1v) is 9.39. The van der Waals surface area contributed by atoms with E-state index < -0.39 is 35.0 Å². The van der Waals surface area contributed by atoms with Crippen LogP contribution in [-0.4, -0.2) is 75.3 Å². The molecule has 8 nitrogen and oxygen atoms in total. The minimum absolute atomic E-state index is 0. The zero-order chi connectivity index (χ0) is 22.8. The molecule has 0 amide bonds. The van der Waals surface area contributed by atoms with Crippen LogP contribution in [0.25, 0.3) is 0 Å². The number of rotatable bonds is 4. The molecular formula is C22H35ClMgO8. The number of ether oxygens (including phenoxy) is 4. The largest absolute Gasteiger partial charge is 2.00 e. The van der Waals surface area contributed by atoms with E-state index in [9.17, 15) is 19.5 Å². The Morgan fingerprint density at radius 3 is 1.69 bits per heavy atom. The van der Waals surface area contributed by atoms with Gasteiger partial charge in [-0.05, 0) is 48.5 Å². The van der Waals surface area contributed by atoms with Gasteiger partial charge in [-0.2, -0.15) is 0 Å². The summed E-state index contributed by atoms with van der Waals surface area (Å²) in [6.45, 7) is 18.6. The van der Waals surface area contributed by atoms with Gasteiger partial charge in [-0.25, -0.2) is 9.59 Å². The standard InChI is InChI=1S/C11H18O4.C10H14O4.CH3.ClH.Mg/c1-7(2)9(12)15-10(4)6-11(5,13)14-8(10)3;1-6(2)9(12)14-10(4)5-8(11)13-7(10)3;;;/h8,13H,1,6H2,2-5H3;7H,1,5H2,2-4H3;1H3;1H;/q;;-1;;+2/p-1. The van der Waals surface area contributed by atoms with Crippen molar-refractivity contribution in [3.63, 3.8) is 0 Å². The molecular weight excluding hydrogens is 452 g/mol. The van der Waals surface area contributed by atoms with Crippen molar-refractivity contribution in [3.05, 3.63) is 31.7 Å². The second kappa shape index (κ2) is 12.9. The average Bonchev–Trinajstić information content (AvgIpc) is 2.89. The number of carbonyl (C=O) groups is 3. The van der Waals surface area contributed by atoms with Gasteiger partial charge in [0.25, 0.3) is 0 Å². The number of esters is 3. The minimum atomic E-state index is -1.23. The Hall–Kier alpha value is -1.13. The number of cyclic esters (lactones) is 1. The van der Waals surface area contributed by atoms with Gasteiger partial charge in [0.2, 0.25) is 0 Å². The van der Waals surface area contributed by atoms with Gasteiger partial charge >= 0.3 is 41.0 Å².